The van der Waals surface area contributed by atoms with Gasteiger partial charge in [-0.3, -0.25) is 9.59 Å². The van der Waals surface area contributed by atoms with Gasteiger partial charge in [0, 0.05) is 37.8 Å². The molecule has 0 unspecified atom stereocenters. The van der Waals surface area contributed by atoms with Crippen LogP contribution in [-0.2, 0) is 4.79 Å². The van der Waals surface area contributed by atoms with E-state index in [1.54, 1.807) is 0 Å². The Hall–Kier alpha value is -2.56. The number of aromatic nitrogens is 1. The summed E-state index contributed by atoms with van der Waals surface area (Å²) in [5.74, 6) is 0.544. The number of hydrogen-bond acceptors (Lipinski definition) is 2. The summed E-state index contributed by atoms with van der Waals surface area (Å²) in [5, 5.41) is 0. The normalized spacial score (nSPS) is 18.1. The first kappa shape index (κ1) is 15.9. The SMILES string of the molecule is O=C(c1ccc(-c2ccccc2)[nH]1)N1CCCN(C(=O)C2CC2)CC1. The van der Waals surface area contributed by atoms with Gasteiger partial charge in [0.1, 0.15) is 5.69 Å². The van der Waals surface area contributed by atoms with E-state index in [0.717, 1.165) is 37.1 Å². The number of amides is 2. The van der Waals surface area contributed by atoms with Gasteiger partial charge in [0.25, 0.3) is 5.91 Å². The molecular weight excluding hydrogens is 314 g/mol. The van der Waals surface area contributed by atoms with Crippen LogP contribution in [-0.4, -0.2) is 52.8 Å². The Labute approximate surface area is 147 Å². The molecule has 0 bridgehead atoms. The zero-order valence-electron chi connectivity index (χ0n) is 14.3. The molecule has 2 aliphatic rings. The number of hydrogen-bond donors (Lipinski definition) is 1. The number of H-pyrrole nitrogens is 1. The molecule has 1 aliphatic heterocycles. The lowest BCUT2D eigenvalue weighted by Gasteiger charge is -2.22. The van der Waals surface area contributed by atoms with Gasteiger partial charge in [0.15, 0.2) is 0 Å². The number of aromatic amines is 1. The third-order valence-electron chi connectivity index (χ3n) is 5.02. The van der Waals surface area contributed by atoms with Crippen molar-refractivity contribution >= 4 is 11.8 Å². The van der Waals surface area contributed by atoms with Crippen molar-refractivity contribution in [2.24, 2.45) is 5.92 Å². The summed E-state index contributed by atoms with van der Waals surface area (Å²) in [4.78, 5) is 32.1. The van der Waals surface area contributed by atoms with E-state index >= 15 is 0 Å². The fourth-order valence-electron chi connectivity index (χ4n) is 3.41. The number of nitrogens with zero attached hydrogens (tertiary/aromatic N) is 2. The maximum absolute atomic E-state index is 12.8. The van der Waals surface area contributed by atoms with Gasteiger partial charge in [-0.05, 0) is 37.0 Å². The molecule has 5 heteroatoms. The predicted octanol–water partition coefficient (Wildman–Crippen LogP) is 2.77. The summed E-state index contributed by atoms with van der Waals surface area (Å²) in [6.45, 7) is 2.72. The second-order valence-electron chi connectivity index (χ2n) is 6.90. The minimum atomic E-state index is 0.0166. The molecule has 1 saturated heterocycles. The maximum atomic E-state index is 12.8. The Bertz CT molecular complexity index is 764. The number of nitrogens with one attached hydrogen (secondary N) is 1. The van der Waals surface area contributed by atoms with Gasteiger partial charge < -0.3 is 14.8 Å². The van der Waals surface area contributed by atoms with Crippen LogP contribution in [0.4, 0.5) is 0 Å². The molecule has 0 atom stereocenters. The smallest absolute Gasteiger partial charge is 0.270 e. The van der Waals surface area contributed by atoms with Crippen molar-refractivity contribution in [3.05, 3.63) is 48.2 Å². The van der Waals surface area contributed by atoms with E-state index in [0.29, 0.717) is 25.3 Å². The molecule has 2 heterocycles. The Kier molecular flexibility index (Phi) is 4.30. The van der Waals surface area contributed by atoms with Crippen molar-refractivity contribution < 1.29 is 9.59 Å². The minimum Gasteiger partial charge on any atom is -0.351 e. The third-order valence-corrected chi connectivity index (χ3v) is 5.02. The van der Waals surface area contributed by atoms with Crippen LogP contribution >= 0.6 is 0 Å². The number of carbonyl (C=O) groups is 2. The van der Waals surface area contributed by atoms with Crippen LogP contribution in [0, 0.1) is 5.92 Å². The van der Waals surface area contributed by atoms with Gasteiger partial charge in [-0.1, -0.05) is 30.3 Å². The molecule has 1 aromatic heterocycles. The van der Waals surface area contributed by atoms with Crippen LogP contribution in [0.1, 0.15) is 29.8 Å². The second-order valence-corrected chi connectivity index (χ2v) is 6.90. The Morgan fingerprint density at radius 1 is 0.880 bits per heavy atom. The van der Waals surface area contributed by atoms with E-state index in [1.807, 2.05) is 52.3 Å². The van der Waals surface area contributed by atoms with Crippen molar-refractivity contribution in [2.45, 2.75) is 19.3 Å². The highest BCUT2D eigenvalue weighted by molar-refractivity contribution is 5.93. The summed E-state index contributed by atoms with van der Waals surface area (Å²) in [5.41, 5.74) is 2.63. The largest absolute Gasteiger partial charge is 0.351 e. The van der Waals surface area contributed by atoms with E-state index in [9.17, 15) is 9.59 Å². The summed E-state index contributed by atoms with van der Waals surface area (Å²) >= 11 is 0. The van der Waals surface area contributed by atoms with E-state index in [-0.39, 0.29) is 17.7 Å². The van der Waals surface area contributed by atoms with Crippen molar-refractivity contribution in [3.63, 3.8) is 0 Å². The molecular formula is C20H23N3O2. The van der Waals surface area contributed by atoms with Crippen LogP contribution in [0.5, 0.6) is 0 Å². The summed E-state index contributed by atoms with van der Waals surface area (Å²) < 4.78 is 0. The van der Waals surface area contributed by atoms with E-state index in [2.05, 4.69) is 4.98 Å². The maximum Gasteiger partial charge on any atom is 0.270 e. The van der Waals surface area contributed by atoms with Crippen LogP contribution in [0.15, 0.2) is 42.5 Å². The second kappa shape index (κ2) is 6.75. The molecule has 1 saturated carbocycles. The van der Waals surface area contributed by atoms with Gasteiger partial charge in [-0.25, -0.2) is 0 Å². The molecule has 0 spiro atoms. The van der Waals surface area contributed by atoms with E-state index < -0.39 is 0 Å². The van der Waals surface area contributed by atoms with Crippen LogP contribution < -0.4 is 0 Å². The fraction of sp³-hybridized carbons (Fsp3) is 0.400. The molecule has 5 nitrogen and oxygen atoms in total. The summed E-state index contributed by atoms with van der Waals surface area (Å²) in [6.07, 6.45) is 2.90. The molecule has 0 radical (unpaired) electrons. The number of carbonyl (C=O) groups excluding carboxylic acids is 2. The van der Waals surface area contributed by atoms with E-state index in [1.165, 1.54) is 0 Å². The lowest BCUT2D eigenvalue weighted by molar-refractivity contribution is -0.132. The molecule has 4 rings (SSSR count). The zero-order chi connectivity index (χ0) is 17.2. The molecule has 1 aliphatic carbocycles. The molecule has 2 amide bonds. The van der Waals surface area contributed by atoms with Crippen molar-refractivity contribution in [2.75, 3.05) is 26.2 Å². The average molecular weight is 337 g/mol. The van der Waals surface area contributed by atoms with E-state index in [4.69, 9.17) is 0 Å². The first-order chi connectivity index (χ1) is 12.2. The van der Waals surface area contributed by atoms with Crippen LogP contribution in [0.2, 0.25) is 0 Å². The zero-order valence-corrected chi connectivity index (χ0v) is 14.3. The molecule has 2 fully saturated rings. The Morgan fingerprint density at radius 3 is 2.36 bits per heavy atom. The van der Waals surface area contributed by atoms with Gasteiger partial charge >= 0.3 is 0 Å². The van der Waals surface area contributed by atoms with Gasteiger partial charge in [-0.2, -0.15) is 0 Å². The monoisotopic (exact) mass is 337 g/mol. The molecule has 1 aromatic carbocycles. The lowest BCUT2D eigenvalue weighted by Crippen LogP contribution is -2.38. The van der Waals surface area contributed by atoms with Crippen molar-refractivity contribution in [3.8, 4) is 11.3 Å². The summed E-state index contributed by atoms with van der Waals surface area (Å²) in [7, 11) is 0. The summed E-state index contributed by atoms with van der Waals surface area (Å²) in [6, 6.07) is 13.8. The highest BCUT2D eigenvalue weighted by Crippen LogP contribution is 2.31. The molecule has 2 aromatic rings. The van der Waals surface area contributed by atoms with Gasteiger partial charge in [-0.15, -0.1) is 0 Å². The van der Waals surface area contributed by atoms with Crippen molar-refractivity contribution in [1.29, 1.82) is 0 Å². The number of benzene rings is 1. The topological polar surface area (TPSA) is 56.4 Å². The molecule has 1 N–H and O–H groups in total. The van der Waals surface area contributed by atoms with Gasteiger partial charge in [0.2, 0.25) is 5.91 Å². The Balaban J connectivity index is 1.42. The lowest BCUT2D eigenvalue weighted by atomic mass is 10.2. The van der Waals surface area contributed by atoms with Crippen LogP contribution in [0.25, 0.3) is 11.3 Å². The first-order valence-electron chi connectivity index (χ1n) is 9.05. The molecule has 25 heavy (non-hydrogen) atoms. The van der Waals surface area contributed by atoms with Gasteiger partial charge in [0.05, 0.1) is 0 Å². The highest BCUT2D eigenvalue weighted by Gasteiger charge is 2.34. The fourth-order valence-corrected chi connectivity index (χ4v) is 3.41. The first-order valence-corrected chi connectivity index (χ1v) is 9.05. The third kappa shape index (κ3) is 3.45. The quantitative estimate of drug-likeness (QED) is 0.936. The average Bonchev–Trinajstić information content (AvgIpc) is 3.43. The standard InChI is InChI=1S/C20H23N3O2/c24-19(16-7-8-16)22-11-4-12-23(14-13-22)20(25)18-10-9-17(21-18)15-5-2-1-3-6-15/h1-3,5-6,9-10,16,21H,4,7-8,11-14H2. The van der Waals surface area contributed by atoms with Crippen molar-refractivity contribution in [1.82, 2.24) is 14.8 Å². The molecule has 130 valence electrons. The van der Waals surface area contributed by atoms with Crippen LogP contribution in [0.3, 0.4) is 0 Å². The predicted molar refractivity (Wildman–Crippen MR) is 96.1 cm³/mol. The number of rotatable bonds is 3. The Morgan fingerprint density at radius 2 is 1.60 bits per heavy atom. The highest BCUT2D eigenvalue weighted by atomic mass is 16.2. The minimum absolute atomic E-state index is 0.0166.